The molecular formula is C9H6N4O2. The van der Waals surface area contributed by atoms with Crippen molar-refractivity contribution in [3.05, 3.63) is 36.2 Å². The molecule has 0 atom stereocenters. The first-order valence-electron chi connectivity index (χ1n) is 4.12. The van der Waals surface area contributed by atoms with Crippen molar-refractivity contribution >= 4 is 5.97 Å². The molecule has 15 heavy (non-hydrogen) atoms. The van der Waals surface area contributed by atoms with Gasteiger partial charge in [0.05, 0.1) is 11.8 Å². The van der Waals surface area contributed by atoms with Crippen molar-refractivity contribution in [2.24, 2.45) is 0 Å². The molecule has 0 saturated carbocycles. The molecule has 0 spiro atoms. The van der Waals surface area contributed by atoms with Gasteiger partial charge in [-0.2, -0.15) is 0 Å². The lowest BCUT2D eigenvalue weighted by atomic mass is 10.1. The van der Waals surface area contributed by atoms with Gasteiger partial charge >= 0.3 is 5.97 Å². The Labute approximate surface area is 84.6 Å². The van der Waals surface area contributed by atoms with Crippen molar-refractivity contribution in [2.45, 2.75) is 0 Å². The molecule has 0 aliphatic carbocycles. The Morgan fingerprint density at radius 1 is 1.27 bits per heavy atom. The third kappa shape index (κ3) is 1.78. The molecule has 1 N–H and O–H groups in total. The predicted molar refractivity (Wildman–Crippen MR) is 50.0 cm³/mol. The summed E-state index contributed by atoms with van der Waals surface area (Å²) in [4.78, 5) is 14.9. The van der Waals surface area contributed by atoms with Gasteiger partial charge in [-0.25, -0.2) is 4.79 Å². The second kappa shape index (κ2) is 3.79. The van der Waals surface area contributed by atoms with Gasteiger partial charge in [0.15, 0.2) is 0 Å². The van der Waals surface area contributed by atoms with Gasteiger partial charge in [0.2, 0.25) is 0 Å². The lowest BCUT2D eigenvalue weighted by molar-refractivity contribution is 0.0697. The molecule has 74 valence electrons. The van der Waals surface area contributed by atoms with Crippen molar-refractivity contribution in [3.8, 4) is 11.4 Å². The van der Waals surface area contributed by atoms with Gasteiger partial charge in [-0.05, 0) is 23.4 Å². The lowest BCUT2D eigenvalue weighted by Gasteiger charge is -2.01. The number of aromatic carboxylic acids is 1. The highest BCUT2D eigenvalue weighted by atomic mass is 16.4. The van der Waals surface area contributed by atoms with Crippen LogP contribution >= 0.6 is 0 Å². The highest BCUT2D eigenvalue weighted by Gasteiger charge is 2.13. The molecule has 0 unspecified atom stereocenters. The quantitative estimate of drug-likeness (QED) is 0.768. The van der Waals surface area contributed by atoms with Crippen molar-refractivity contribution in [3.63, 3.8) is 0 Å². The van der Waals surface area contributed by atoms with E-state index in [0.717, 1.165) is 0 Å². The average Bonchev–Trinajstić information content (AvgIpc) is 2.30. The Balaban J connectivity index is 2.58. The smallest absolute Gasteiger partial charge is 0.337 e. The summed E-state index contributed by atoms with van der Waals surface area (Å²) in [6.45, 7) is 0. The summed E-state index contributed by atoms with van der Waals surface area (Å²) in [7, 11) is 0. The van der Waals surface area contributed by atoms with Crippen molar-refractivity contribution in [1.82, 2.24) is 20.4 Å². The van der Waals surface area contributed by atoms with E-state index in [1.165, 1.54) is 18.5 Å². The zero-order valence-corrected chi connectivity index (χ0v) is 7.53. The van der Waals surface area contributed by atoms with Gasteiger partial charge in [-0.1, -0.05) is 0 Å². The first kappa shape index (κ1) is 9.20. The third-order valence-electron chi connectivity index (χ3n) is 1.78. The molecule has 6 nitrogen and oxygen atoms in total. The minimum absolute atomic E-state index is 0.0954. The Bertz CT molecular complexity index is 486. The number of carbonyl (C=O) groups is 1. The summed E-state index contributed by atoms with van der Waals surface area (Å²) in [5.41, 5.74) is 0.779. The van der Waals surface area contributed by atoms with Crippen LogP contribution in [0.5, 0.6) is 0 Å². The maximum Gasteiger partial charge on any atom is 0.337 e. The maximum atomic E-state index is 10.9. The first-order valence-corrected chi connectivity index (χ1v) is 4.12. The summed E-state index contributed by atoms with van der Waals surface area (Å²) in [6, 6.07) is 4.58. The van der Waals surface area contributed by atoms with E-state index in [1.807, 2.05) is 0 Å². The minimum atomic E-state index is -1.04. The van der Waals surface area contributed by atoms with E-state index in [2.05, 4.69) is 20.4 Å². The number of aromatic nitrogens is 4. The van der Waals surface area contributed by atoms with Gasteiger partial charge in [-0.15, -0.1) is 10.2 Å². The molecule has 2 aromatic rings. The van der Waals surface area contributed by atoms with E-state index in [9.17, 15) is 4.79 Å². The van der Waals surface area contributed by atoms with Gasteiger partial charge in [0.1, 0.15) is 11.4 Å². The summed E-state index contributed by atoms with van der Waals surface area (Å²) >= 11 is 0. The van der Waals surface area contributed by atoms with E-state index in [4.69, 9.17) is 5.11 Å². The molecule has 0 aliphatic rings. The summed E-state index contributed by atoms with van der Waals surface area (Å²) < 4.78 is 0. The van der Waals surface area contributed by atoms with Crippen LogP contribution in [0.25, 0.3) is 11.4 Å². The van der Waals surface area contributed by atoms with Crippen LogP contribution in [0.15, 0.2) is 30.6 Å². The number of hydrogen-bond acceptors (Lipinski definition) is 5. The largest absolute Gasteiger partial charge is 0.478 e. The molecule has 0 aliphatic heterocycles. The molecule has 0 radical (unpaired) electrons. The Morgan fingerprint density at radius 2 is 2.13 bits per heavy atom. The van der Waals surface area contributed by atoms with Crippen LogP contribution in [0.3, 0.4) is 0 Å². The summed E-state index contributed by atoms with van der Waals surface area (Å²) in [5.74, 6) is -1.04. The fourth-order valence-corrected chi connectivity index (χ4v) is 1.15. The number of carboxylic acids is 1. The minimum Gasteiger partial charge on any atom is -0.478 e. The third-order valence-corrected chi connectivity index (χ3v) is 1.78. The van der Waals surface area contributed by atoms with Crippen LogP contribution in [-0.4, -0.2) is 31.5 Å². The highest BCUT2D eigenvalue weighted by molar-refractivity contribution is 5.94. The standard InChI is InChI=1S/C9H6N4O2/c14-9(15)6-2-1-4-10-8(6)7-3-5-11-13-12-7/h1-5H,(H,14,15). The van der Waals surface area contributed by atoms with Crippen molar-refractivity contribution in [1.29, 1.82) is 0 Å². The van der Waals surface area contributed by atoms with Crippen LogP contribution in [-0.2, 0) is 0 Å². The second-order valence-electron chi connectivity index (χ2n) is 2.71. The number of carboxylic acid groups (broad SMARTS) is 1. The molecule has 0 amide bonds. The number of rotatable bonds is 2. The van der Waals surface area contributed by atoms with E-state index >= 15 is 0 Å². The summed E-state index contributed by atoms with van der Waals surface area (Å²) in [6.07, 6.45) is 2.94. The fourth-order valence-electron chi connectivity index (χ4n) is 1.15. The van der Waals surface area contributed by atoms with Crippen molar-refractivity contribution in [2.75, 3.05) is 0 Å². The van der Waals surface area contributed by atoms with Crippen LogP contribution in [0.2, 0.25) is 0 Å². The van der Waals surface area contributed by atoms with Crippen LogP contribution in [0.4, 0.5) is 0 Å². The molecule has 2 aromatic heterocycles. The SMILES string of the molecule is O=C(O)c1cccnc1-c1ccnnn1. The van der Waals surface area contributed by atoms with E-state index in [1.54, 1.807) is 12.1 Å². The molecule has 0 fully saturated rings. The zero-order valence-electron chi connectivity index (χ0n) is 7.53. The van der Waals surface area contributed by atoms with Crippen LogP contribution < -0.4 is 0 Å². The Hall–Kier alpha value is -2.37. The predicted octanol–water partition coefficient (Wildman–Crippen LogP) is 0.632. The second-order valence-corrected chi connectivity index (χ2v) is 2.71. The Morgan fingerprint density at radius 3 is 2.80 bits per heavy atom. The molecule has 2 heterocycles. The molecule has 0 bridgehead atoms. The molecule has 6 heteroatoms. The average molecular weight is 202 g/mol. The summed E-state index contributed by atoms with van der Waals surface area (Å²) in [5, 5.41) is 19.6. The monoisotopic (exact) mass is 202 g/mol. The number of hydrogen-bond donors (Lipinski definition) is 1. The van der Waals surface area contributed by atoms with Gasteiger partial charge < -0.3 is 5.11 Å². The number of nitrogens with zero attached hydrogens (tertiary/aromatic N) is 4. The lowest BCUT2D eigenvalue weighted by Crippen LogP contribution is -2.02. The maximum absolute atomic E-state index is 10.9. The topological polar surface area (TPSA) is 88.9 Å². The van der Waals surface area contributed by atoms with E-state index in [0.29, 0.717) is 11.4 Å². The number of pyridine rings is 1. The van der Waals surface area contributed by atoms with Crippen molar-refractivity contribution < 1.29 is 9.90 Å². The molecule has 0 saturated heterocycles. The Kier molecular flexibility index (Phi) is 2.32. The molecular weight excluding hydrogens is 196 g/mol. The molecule has 2 rings (SSSR count). The zero-order chi connectivity index (χ0) is 10.7. The van der Waals surface area contributed by atoms with Crippen LogP contribution in [0, 0.1) is 0 Å². The van der Waals surface area contributed by atoms with E-state index < -0.39 is 5.97 Å². The van der Waals surface area contributed by atoms with Gasteiger partial charge in [-0.3, -0.25) is 4.98 Å². The van der Waals surface area contributed by atoms with E-state index in [-0.39, 0.29) is 5.56 Å². The highest BCUT2D eigenvalue weighted by Crippen LogP contribution is 2.17. The first-order chi connectivity index (χ1) is 7.29. The molecule has 0 aromatic carbocycles. The normalized spacial score (nSPS) is 9.87. The fraction of sp³-hybridized carbons (Fsp3) is 0. The van der Waals surface area contributed by atoms with Gasteiger partial charge in [0, 0.05) is 6.20 Å². The van der Waals surface area contributed by atoms with Crippen LogP contribution in [0.1, 0.15) is 10.4 Å². The van der Waals surface area contributed by atoms with Gasteiger partial charge in [0.25, 0.3) is 0 Å².